The van der Waals surface area contributed by atoms with Crippen LogP contribution in [0.1, 0.15) is 19.8 Å². The summed E-state index contributed by atoms with van der Waals surface area (Å²) in [5, 5.41) is 2.11. The average molecular weight is 312 g/mol. The number of likely N-dealkylation sites (tertiary alicyclic amines) is 1. The van der Waals surface area contributed by atoms with Gasteiger partial charge in [-0.15, -0.1) is 11.3 Å². The molecule has 0 bridgehead atoms. The Morgan fingerprint density at radius 2 is 2.27 bits per heavy atom. The maximum absolute atomic E-state index is 4.84. The van der Waals surface area contributed by atoms with Crippen LogP contribution in [0.15, 0.2) is 35.8 Å². The Morgan fingerprint density at radius 1 is 1.32 bits per heavy atom. The minimum atomic E-state index is 0.600. The van der Waals surface area contributed by atoms with E-state index in [0.29, 0.717) is 6.04 Å². The van der Waals surface area contributed by atoms with Crippen LogP contribution in [-0.2, 0) is 6.54 Å². The van der Waals surface area contributed by atoms with Crippen LogP contribution in [-0.4, -0.2) is 38.6 Å². The van der Waals surface area contributed by atoms with Gasteiger partial charge in [0.1, 0.15) is 5.52 Å². The molecule has 3 aromatic heterocycles. The van der Waals surface area contributed by atoms with Crippen molar-refractivity contribution in [1.82, 2.24) is 19.4 Å². The zero-order valence-electron chi connectivity index (χ0n) is 12.8. The Labute approximate surface area is 134 Å². The van der Waals surface area contributed by atoms with Gasteiger partial charge in [-0.25, -0.2) is 9.97 Å². The van der Waals surface area contributed by atoms with E-state index in [1.807, 2.05) is 12.3 Å². The fraction of sp³-hybridized carbons (Fsp3) is 0.412. The normalized spacial score (nSPS) is 19.2. The zero-order chi connectivity index (χ0) is 14.9. The molecular weight excluding hydrogens is 292 g/mol. The molecule has 0 saturated carbocycles. The summed E-state index contributed by atoms with van der Waals surface area (Å²) in [6.45, 7) is 5.58. The molecule has 4 rings (SSSR count). The molecule has 1 aliphatic rings. The van der Waals surface area contributed by atoms with E-state index >= 15 is 0 Å². The molecule has 0 aliphatic carbocycles. The van der Waals surface area contributed by atoms with Gasteiger partial charge in [-0.3, -0.25) is 4.90 Å². The number of hydrogen-bond donors (Lipinski definition) is 0. The fourth-order valence-electron chi connectivity index (χ4n) is 3.45. The number of aromatic nitrogens is 3. The third-order valence-electron chi connectivity index (χ3n) is 4.54. The van der Waals surface area contributed by atoms with Crippen LogP contribution in [0.4, 0.5) is 0 Å². The first-order chi connectivity index (χ1) is 10.9. The highest BCUT2D eigenvalue weighted by Crippen LogP contribution is 2.29. The summed E-state index contributed by atoms with van der Waals surface area (Å²) < 4.78 is 2.32. The quantitative estimate of drug-likeness (QED) is 0.737. The Hall–Kier alpha value is -1.72. The van der Waals surface area contributed by atoms with E-state index in [1.54, 1.807) is 11.3 Å². The minimum Gasteiger partial charge on any atom is -0.306 e. The molecule has 114 valence electrons. The van der Waals surface area contributed by atoms with E-state index in [-0.39, 0.29) is 0 Å². The third kappa shape index (κ3) is 2.34. The number of thiophene rings is 1. The molecule has 1 fully saturated rings. The van der Waals surface area contributed by atoms with Crippen LogP contribution in [0.5, 0.6) is 0 Å². The predicted octanol–water partition coefficient (Wildman–Crippen LogP) is 3.64. The lowest BCUT2D eigenvalue weighted by Gasteiger charge is -2.23. The summed E-state index contributed by atoms with van der Waals surface area (Å²) in [5.41, 5.74) is 2.00. The maximum atomic E-state index is 4.84. The topological polar surface area (TPSA) is 34.0 Å². The van der Waals surface area contributed by atoms with Gasteiger partial charge in [-0.1, -0.05) is 13.0 Å². The van der Waals surface area contributed by atoms with E-state index in [9.17, 15) is 0 Å². The minimum absolute atomic E-state index is 0.600. The van der Waals surface area contributed by atoms with E-state index < -0.39 is 0 Å². The van der Waals surface area contributed by atoms with Crippen molar-refractivity contribution in [1.29, 1.82) is 0 Å². The second-order valence-corrected chi connectivity index (χ2v) is 6.74. The lowest BCUT2D eigenvalue weighted by molar-refractivity contribution is 0.246. The largest absolute Gasteiger partial charge is 0.306 e. The van der Waals surface area contributed by atoms with Gasteiger partial charge in [0.05, 0.1) is 4.88 Å². The van der Waals surface area contributed by atoms with Crippen molar-refractivity contribution in [2.24, 2.45) is 0 Å². The maximum Gasteiger partial charge on any atom is 0.160 e. The van der Waals surface area contributed by atoms with Crippen LogP contribution < -0.4 is 0 Å². The SMILES string of the molecule is CCN1CCCC1Cn1c(-c2cccs2)nc2cccnc21. The number of fused-ring (bicyclic) bond motifs is 1. The van der Waals surface area contributed by atoms with Crippen LogP contribution in [0.25, 0.3) is 21.9 Å². The average Bonchev–Trinajstić information content (AvgIpc) is 3.27. The fourth-order valence-corrected chi connectivity index (χ4v) is 4.18. The lowest BCUT2D eigenvalue weighted by Crippen LogP contribution is -2.32. The Kier molecular flexibility index (Phi) is 3.68. The van der Waals surface area contributed by atoms with Crippen LogP contribution >= 0.6 is 11.3 Å². The van der Waals surface area contributed by atoms with Crippen molar-refractivity contribution in [3.05, 3.63) is 35.8 Å². The second kappa shape index (κ2) is 5.82. The van der Waals surface area contributed by atoms with Gasteiger partial charge < -0.3 is 4.57 Å². The standard InChI is InChI=1S/C17H20N4S/c1-2-20-10-4-6-13(20)12-21-16-14(7-3-9-18-16)19-17(21)15-8-5-11-22-15/h3,5,7-9,11,13H,2,4,6,10,12H2,1H3. The molecule has 0 N–H and O–H groups in total. The van der Waals surface area contributed by atoms with Gasteiger partial charge in [-0.05, 0) is 49.5 Å². The molecule has 0 radical (unpaired) electrons. The van der Waals surface area contributed by atoms with Crippen molar-refractivity contribution in [2.75, 3.05) is 13.1 Å². The molecule has 0 aromatic carbocycles. The Balaban J connectivity index is 1.79. The molecule has 22 heavy (non-hydrogen) atoms. The highest BCUT2D eigenvalue weighted by Gasteiger charge is 2.25. The summed E-state index contributed by atoms with van der Waals surface area (Å²) >= 11 is 1.75. The number of likely N-dealkylation sites (N-methyl/N-ethyl adjacent to an activating group) is 1. The number of rotatable bonds is 4. The van der Waals surface area contributed by atoms with Crippen molar-refractivity contribution in [3.8, 4) is 10.7 Å². The van der Waals surface area contributed by atoms with Crippen molar-refractivity contribution in [2.45, 2.75) is 32.4 Å². The van der Waals surface area contributed by atoms with Gasteiger partial charge >= 0.3 is 0 Å². The number of nitrogens with zero attached hydrogens (tertiary/aromatic N) is 4. The van der Waals surface area contributed by atoms with E-state index in [1.165, 1.54) is 24.3 Å². The van der Waals surface area contributed by atoms with Gasteiger partial charge in [0, 0.05) is 18.8 Å². The van der Waals surface area contributed by atoms with Gasteiger partial charge in [0.2, 0.25) is 0 Å². The summed E-state index contributed by atoms with van der Waals surface area (Å²) in [5.74, 6) is 1.06. The monoisotopic (exact) mass is 312 g/mol. The molecule has 0 amide bonds. The van der Waals surface area contributed by atoms with Crippen LogP contribution in [0.2, 0.25) is 0 Å². The van der Waals surface area contributed by atoms with Gasteiger partial charge in [-0.2, -0.15) is 0 Å². The molecule has 1 unspecified atom stereocenters. The van der Waals surface area contributed by atoms with Crippen LogP contribution in [0.3, 0.4) is 0 Å². The van der Waals surface area contributed by atoms with Gasteiger partial charge in [0.15, 0.2) is 11.5 Å². The highest BCUT2D eigenvalue weighted by molar-refractivity contribution is 7.13. The molecule has 1 aliphatic heterocycles. The summed E-state index contributed by atoms with van der Waals surface area (Å²) in [7, 11) is 0. The van der Waals surface area contributed by atoms with Crippen LogP contribution in [0, 0.1) is 0 Å². The molecule has 4 nitrogen and oxygen atoms in total. The molecule has 5 heteroatoms. The lowest BCUT2D eigenvalue weighted by atomic mass is 10.2. The highest BCUT2D eigenvalue weighted by atomic mass is 32.1. The van der Waals surface area contributed by atoms with Crippen molar-refractivity contribution in [3.63, 3.8) is 0 Å². The van der Waals surface area contributed by atoms with E-state index in [2.05, 4.69) is 45.0 Å². The second-order valence-electron chi connectivity index (χ2n) is 5.79. The molecular formula is C17H20N4S. The third-order valence-corrected chi connectivity index (χ3v) is 5.41. The van der Waals surface area contributed by atoms with Crippen molar-refractivity contribution >= 4 is 22.5 Å². The smallest absolute Gasteiger partial charge is 0.160 e. The van der Waals surface area contributed by atoms with Gasteiger partial charge in [0.25, 0.3) is 0 Å². The Morgan fingerprint density at radius 3 is 3.09 bits per heavy atom. The predicted molar refractivity (Wildman–Crippen MR) is 91.1 cm³/mol. The molecule has 1 saturated heterocycles. The Bertz CT molecular complexity index is 762. The van der Waals surface area contributed by atoms with E-state index in [0.717, 1.165) is 30.1 Å². The summed E-state index contributed by atoms with van der Waals surface area (Å²) in [6.07, 6.45) is 4.43. The molecule has 3 aromatic rings. The molecule has 1 atom stereocenters. The number of pyridine rings is 1. The first-order valence-electron chi connectivity index (χ1n) is 7.96. The number of hydrogen-bond acceptors (Lipinski definition) is 4. The zero-order valence-corrected chi connectivity index (χ0v) is 13.6. The first-order valence-corrected chi connectivity index (χ1v) is 8.84. The molecule has 4 heterocycles. The summed E-state index contributed by atoms with van der Waals surface area (Å²) in [6, 6.07) is 8.86. The number of imidazole rings is 1. The van der Waals surface area contributed by atoms with Crippen molar-refractivity contribution < 1.29 is 0 Å². The van der Waals surface area contributed by atoms with E-state index in [4.69, 9.17) is 4.98 Å². The molecule has 0 spiro atoms. The first kappa shape index (κ1) is 13.9. The summed E-state index contributed by atoms with van der Waals surface area (Å²) in [4.78, 5) is 13.2.